The SMILES string of the molecule is O=C(O)C(F)(F)F.O=C(c1cnccn1)N1C[C@H]2CN(Cc3cccs3)C[C@H]2C1. The monoisotopic (exact) mass is 428 g/mol. The first-order valence-electron chi connectivity index (χ1n) is 8.84. The molecule has 0 spiro atoms. The lowest BCUT2D eigenvalue weighted by Crippen LogP contribution is -2.33. The molecule has 7 nitrogen and oxygen atoms in total. The predicted molar refractivity (Wildman–Crippen MR) is 98.2 cm³/mol. The molecule has 156 valence electrons. The van der Waals surface area contributed by atoms with Gasteiger partial charge in [-0.15, -0.1) is 11.3 Å². The van der Waals surface area contributed by atoms with Crippen molar-refractivity contribution in [2.45, 2.75) is 12.7 Å². The van der Waals surface area contributed by atoms with Gasteiger partial charge < -0.3 is 10.0 Å². The number of aliphatic carboxylic acids is 1. The molecular formula is C18H19F3N4O3S. The highest BCUT2D eigenvalue weighted by Crippen LogP contribution is 2.32. The number of rotatable bonds is 3. The van der Waals surface area contributed by atoms with Crippen LogP contribution >= 0.6 is 11.3 Å². The Hall–Kier alpha value is -2.53. The number of nitrogens with zero attached hydrogens (tertiary/aromatic N) is 4. The van der Waals surface area contributed by atoms with E-state index < -0.39 is 12.1 Å². The second-order valence-electron chi connectivity index (χ2n) is 6.90. The highest BCUT2D eigenvalue weighted by Gasteiger charge is 2.42. The van der Waals surface area contributed by atoms with Gasteiger partial charge in [-0.25, -0.2) is 9.78 Å². The first kappa shape index (κ1) is 21.2. The lowest BCUT2D eigenvalue weighted by Gasteiger charge is -2.20. The summed E-state index contributed by atoms with van der Waals surface area (Å²) in [4.78, 5) is 35.3. The van der Waals surface area contributed by atoms with Gasteiger partial charge in [0.25, 0.3) is 5.91 Å². The molecule has 1 N–H and O–H groups in total. The third-order valence-electron chi connectivity index (χ3n) is 4.83. The maximum absolute atomic E-state index is 12.4. The van der Waals surface area contributed by atoms with Crippen LogP contribution in [0.5, 0.6) is 0 Å². The molecule has 2 aromatic heterocycles. The highest BCUT2D eigenvalue weighted by molar-refractivity contribution is 7.09. The maximum Gasteiger partial charge on any atom is 0.490 e. The summed E-state index contributed by atoms with van der Waals surface area (Å²) in [5, 5.41) is 9.26. The summed E-state index contributed by atoms with van der Waals surface area (Å²) in [5.41, 5.74) is 0.456. The van der Waals surface area contributed by atoms with Gasteiger partial charge >= 0.3 is 12.1 Å². The number of carboxylic acids is 1. The van der Waals surface area contributed by atoms with Crippen molar-refractivity contribution in [3.05, 3.63) is 46.7 Å². The zero-order valence-corrected chi connectivity index (χ0v) is 16.1. The Labute approximate surface area is 168 Å². The van der Waals surface area contributed by atoms with Gasteiger partial charge in [0.05, 0.1) is 6.20 Å². The fourth-order valence-electron chi connectivity index (χ4n) is 3.58. The quantitative estimate of drug-likeness (QED) is 0.808. The summed E-state index contributed by atoms with van der Waals surface area (Å²) >= 11 is 1.82. The number of halogens is 3. The molecule has 0 unspecified atom stereocenters. The number of alkyl halides is 3. The van der Waals surface area contributed by atoms with Crippen LogP contribution in [0, 0.1) is 11.8 Å². The van der Waals surface area contributed by atoms with Crippen molar-refractivity contribution >= 4 is 23.2 Å². The summed E-state index contributed by atoms with van der Waals surface area (Å²) in [5.74, 6) is -1.54. The second-order valence-corrected chi connectivity index (χ2v) is 7.93. The molecule has 0 bridgehead atoms. The second kappa shape index (κ2) is 8.87. The molecule has 11 heteroatoms. The van der Waals surface area contributed by atoms with E-state index in [1.807, 2.05) is 16.2 Å². The Morgan fingerprint density at radius 1 is 1.17 bits per heavy atom. The van der Waals surface area contributed by atoms with Crippen molar-refractivity contribution in [3.63, 3.8) is 0 Å². The number of thiophene rings is 1. The number of likely N-dealkylation sites (tertiary alicyclic amines) is 2. The van der Waals surface area contributed by atoms with Crippen LogP contribution in [-0.2, 0) is 11.3 Å². The van der Waals surface area contributed by atoms with E-state index in [1.54, 1.807) is 18.6 Å². The van der Waals surface area contributed by atoms with Gasteiger partial charge in [0, 0.05) is 50.0 Å². The van der Waals surface area contributed by atoms with E-state index in [1.165, 1.54) is 4.88 Å². The topological polar surface area (TPSA) is 86.6 Å². The van der Waals surface area contributed by atoms with Crippen LogP contribution in [0.4, 0.5) is 13.2 Å². The van der Waals surface area contributed by atoms with Gasteiger partial charge in [-0.2, -0.15) is 13.2 Å². The number of fused-ring (bicyclic) bond motifs is 1. The lowest BCUT2D eigenvalue weighted by molar-refractivity contribution is -0.192. The summed E-state index contributed by atoms with van der Waals surface area (Å²) in [6.45, 7) is 4.92. The molecule has 2 aromatic rings. The third kappa shape index (κ3) is 5.51. The molecule has 1 amide bonds. The Balaban J connectivity index is 0.000000298. The summed E-state index contributed by atoms with van der Waals surface area (Å²) in [6, 6.07) is 4.31. The van der Waals surface area contributed by atoms with Crippen LogP contribution in [0.15, 0.2) is 36.1 Å². The number of carbonyl (C=O) groups excluding carboxylic acids is 1. The van der Waals surface area contributed by atoms with Crippen molar-refractivity contribution in [1.82, 2.24) is 19.8 Å². The number of aromatic nitrogens is 2. The van der Waals surface area contributed by atoms with Gasteiger partial charge in [-0.1, -0.05) is 6.07 Å². The van der Waals surface area contributed by atoms with E-state index in [-0.39, 0.29) is 5.91 Å². The maximum atomic E-state index is 12.4. The first-order valence-corrected chi connectivity index (χ1v) is 9.72. The summed E-state index contributed by atoms with van der Waals surface area (Å²) < 4.78 is 31.7. The van der Waals surface area contributed by atoms with Crippen molar-refractivity contribution in [2.24, 2.45) is 11.8 Å². The number of carboxylic acid groups (broad SMARTS) is 1. The van der Waals surface area contributed by atoms with Crippen molar-refractivity contribution in [2.75, 3.05) is 26.2 Å². The summed E-state index contributed by atoms with van der Waals surface area (Å²) in [7, 11) is 0. The molecule has 4 rings (SSSR count). The minimum absolute atomic E-state index is 0.0207. The van der Waals surface area contributed by atoms with Crippen LogP contribution in [0.1, 0.15) is 15.4 Å². The van der Waals surface area contributed by atoms with Gasteiger partial charge in [0.1, 0.15) is 5.69 Å². The molecule has 29 heavy (non-hydrogen) atoms. The van der Waals surface area contributed by atoms with Crippen LogP contribution in [0.3, 0.4) is 0 Å². The highest BCUT2D eigenvalue weighted by atomic mass is 32.1. The normalized spacial score (nSPS) is 21.4. The Morgan fingerprint density at radius 3 is 2.31 bits per heavy atom. The van der Waals surface area contributed by atoms with Crippen LogP contribution in [0.25, 0.3) is 0 Å². The number of amides is 1. The average Bonchev–Trinajstić information content (AvgIpc) is 3.38. The van der Waals surface area contributed by atoms with Crippen LogP contribution in [0.2, 0.25) is 0 Å². The zero-order chi connectivity index (χ0) is 21.0. The van der Waals surface area contributed by atoms with Crippen molar-refractivity contribution < 1.29 is 27.9 Å². The van der Waals surface area contributed by atoms with Gasteiger partial charge in [0.2, 0.25) is 0 Å². The molecule has 0 saturated carbocycles. The smallest absolute Gasteiger partial charge is 0.475 e. The van der Waals surface area contributed by atoms with E-state index in [2.05, 4.69) is 32.4 Å². The van der Waals surface area contributed by atoms with E-state index in [4.69, 9.17) is 9.90 Å². The fourth-order valence-corrected chi connectivity index (χ4v) is 4.33. The largest absolute Gasteiger partial charge is 0.490 e. The minimum atomic E-state index is -5.08. The third-order valence-corrected chi connectivity index (χ3v) is 5.69. The van der Waals surface area contributed by atoms with E-state index in [9.17, 15) is 18.0 Å². The average molecular weight is 428 g/mol. The fraction of sp³-hybridized carbons (Fsp3) is 0.444. The van der Waals surface area contributed by atoms with E-state index >= 15 is 0 Å². The standard InChI is InChI=1S/C16H18N4OS.C2HF3O2/c21-16(15-6-17-3-4-18-15)20-9-12-7-19(8-13(12)10-20)11-14-2-1-5-22-14;3-2(4,5)1(6)7/h1-6,12-13H,7-11H2;(H,6,7)/t12-,13+;. The zero-order valence-electron chi connectivity index (χ0n) is 15.2. The van der Waals surface area contributed by atoms with Gasteiger partial charge in [-0.3, -0.25) is 14.7 Å². The number of carbonyl (C=O) groups is 2. The first-order chi connectivity index (χ1) is 13.7. The molecule has 0 aliphatic carbocycles. The van der Waals surface area contributed by atoms with E-state index in [0.29, 0.717) is 17.5 Å². The molecule has 0 radical (unpaired) electrons. The van der Waals surface area contributed by atoms with Crippen LogP contribution in [-0.4, -0.2) is 69.1 Å². The van der Waals surface area contributed by atoms with Gasteiger partial charge in [0.15, 0.2) is 0 Å². The predicted octanol–water partition coefficient (Wildman–Crippen LogP) is 2.38. The molecule has 4 heterocycles. The molecule has 0 aromatic carbocycles. The molecule has 2 aliphatic rings. The minimum Gasteiger partial charge on any atom is -0.475 e. The summed E-state index contributed by atoms with van der Waals surface area (Å²) in [6.07, 6.45) is -0.357. The van der Waals surface area contributed by atoms with Gasteiger partial charge in [-0.05, 0) is 23.3 Å². The van der Waals surface area contributed by atoms with E-state index in [0.717, 1.165) is 32.7 Å². The van der Waals surface area contributed by atoms with Crippen molar-refractivity contribution in [3.8, 4) is 0 Å². The molecule has 2 fully saturated rings. The number of hydrogen-bond acceptors (Lipinski definition) is 6. The Morgan fingerprint density at radius 2 is 1.83 bits per heavy atom. The van der Waals surface area contributed by atoms with Crippen molar-refractivity contribution in [1.29, 1.82) is 0 Å². The molecule has 2 atom stereocenters. The molecule has 2 aliphatic heterocycles. The molecular weight excluding hydrogens is 409 g/mol. The van der Waals surface area contributed by atoms with Crippen LogP contribution < -0.4 is 0 Å². The Kier molecular flexibility index (Phi) is 6.48. The lowest BCUT2D eigenvalue weighted by atomic mass is 10.0. The molecule has 2 saturated heterocycles. The number of hydrogen-bond donors (Lipinski definition) is 1. The Bertz CT molecular complexity index is 819.